The minimum Gasteiger partial charge on any atom is -0.456 e. The Bertz CT molecular complexity index is 449. The van der Waals surface area contributed by atoms with Gasteiger partial charge < -0.3 is 10.5 Å². The molecule has 0 aliphatic heterocycles. The zero-order valence-electron chi connectivity index (χ0n) is 10.4. The third-order valence-corrected chi connectivity index (χ3v) is 2.33. The Morgan fingerprint density at radius 2 is 2.11 bits per heavy atom. The van der Waals surface area contributed by atoms with E-state index in [2.05, 4.69) is 9.97 Å². The number of alkyl halides is 3. The normalized spacial score (nSPS) is 13.4. The third-order valence-electron chi connectivity index (χ3n) is 2.33. The molecule has 0 saturated heterocycles. The zero-order chi connectivity index (χ0) is 14.6. The summed E-state index contributed by atoms with van der Waals surface area (Å²) in [6.45, 7) is 3.02. The van der Waals surface area contributed by atoms with Crippen LogP contribution in [0.3, 0.4) is 0 Å². The zero-order valence-corrected chi connectivity index (χ0v) is 10.4. The Morgan fingerprint density at radius 3 is 2.63 bits per heavy atom. The van der Waals surface area contributed by atoms with Crippen molar-refractivity contribution in [2.24, 2.45) is 11.7 Å². The van der Waals surface area contributed by atoms with Crippen LogP contribution in [0.15, 0.2) is 12.3 Å². The average Bonchev–Trinajstić information content (AvgIpc) is 2.34. The molecular formula is C11H14F3N3O2. The fourth-order valence-electron chi connectivity index (χ4n) is 1.13. The molecule has 0 aliphatic carbocycles. The highest BCUT2D eigenvalue weighted by Crippen LogP contribution is 2.26. The molecule has 19 heavy (non-hydrogen) atoms. The number of aromatic nitrogens is 2. The molecule has 2 N–H and O–H groups in total. The van der Waals surface area contributed by atoms with Crippen LogP contribution in [0.5, 0.6) is 0 Å². The molecule has 0 spiro atoms. The van der Waals surface area contributed by atoms with Crippen LogP contribution in [0.2, 0.25) is 0 Å². The molecule has 0 saturated carbocycles. The van der Waals surface area contributed by atoms with Crippen molar-refractivity contribution in [2.75, 3.05) is 0 Å². The Hall–Kier alpha value is -1.70. The minimum atomic E-state index is -4.56. The van der Waals surface area contributed by atoms with E-state index in [1.807, 2.05) is 0 Å². The number of hydrogen-bond donors (Lipinski definition) is 1. The SMILES string of the molecule is CC(C)[C@H](N)C(=O)OCc1nccc(C(F)(F)F)n1. The van der Waals surface area contributed by atoms with Crippen molar-refractivity contribution in [3.63, 3.8) is 0 Å². The molecule has 8 heteroatoms. The predicted molar refractivity (Wildman–Crippen MR) is 59.6 cm³/mol. The molecule has 0 unspecified atom stereocenters. The fraction of sp³-hybridized carbons (Fsp3) is 0.545. The smallest absolute Gasteiger partial charge is 0.433 e. The summed E-state index contributed by atoms with van der Waals surface area (Å²) < 4.78 is 41.9. The molecule has 0 bridgehead atoms. The van der Waals surface area contributed by atoms with Crippen molar-refractivity contribution in [3.8, 4) is 0 Å². The van der Waals surface area contributed by atoms with Gasteiger partial charge in [-0.1, -0.05) is 13.8 Å². The van der Waals surface area contributed by atoms with Gasteiger partial charge in [0.2, 0.25) is 0 Å². The number of nitrogens with zero attached hydrogens (tertiary/aromatic N) is 2. The van der Waals surface area contributed by atoms with Gasteiger partial charge in [0.1, 0.15) is 11.7 Å². The summed E-state index contributed by atoms with van der Waals surface area (Å²) in [6, 6.07) is -0.0867. The van der Waals surface area contributed by atoms with Crippen molar-refractivity contribution >= 4 is 5.97 Å². The van der Waals surface area contributed by atoms with Gasteiger partial charge in [0.25, 0.3) is 0 Å². The van der Waals surface area contributed by atoms with Crippen molar-refractivity contribution in [1.82, 2.24) is 9.97 Å². The second-order valence-corrected chi connectivity index (χ2v) is 4.23. The summed E-state index contributed by atoms with van der Waals surface area (Å²) in [6.07, 6.45) is -3.60. The van der Waals surface area contributed by atoms with E-state index in [4.69, 9.17) is 10.5 Å². The lowest BCUT2D eigenvalue weighted by Gasteiger charge is -2.14. The number of carbonyl (C=O) groups excluding carboxylic acids is 1. The van der Waals surface area contributed by atoms with Crippen LogP contribution in [0.1, 0.15) is 25.4 Å². The lowest BCUT2D eigenvalue weighted by Crippen LogP contribution is -2.37. The van der Waals surface area contributed by atoms with Gasteiger partial charge >= 0.3 is 12.1 Å². The lowest BCUT2D eigenvalue weighted by atomic mass is 10.1. The van der Waals surface area contributed by atoms with Crippen molar-refractivity contribution in [2.45, 2.75) is 32.7 Å². The van der Waals surface area contributed by atoms with Crippen LogP contribution in [0.25, 0.3) is 0 Å². The van der Waals surface area contributed by atoms with E-state index < -0.39 is 30.5 Å². The van der Waals surface area contributed by atoms with E-state index in [1.54, 1.807) is 13.8 Å². The lowest BCUT2D eigenvalue weighted by molar-refractivity contribution is -0.148. The maximum Gasteiger partial charge on any atom is 0.433 e. The third kappa shape index (κ3) is 4.47. The molecule has 1 atom stereocenters. The molecule has 1 aromatic rings. The molecule has 106 valence electrons. The molecule has 5 nitrogen and oxygen atoms in total. The van der Waals surface area contributed by atoms with Crippen LogP contribution in [-0.4, -0.2) is 22.0 Å². The van der Waals surface area contributed by atoms with Crippen molar-refractivity contribution < 1.29 is 22.7 Å². The highest BCUT2D eigenvalue weighted by molar-refractivity contribution is 5.75. The van der Waals surface area contributed by atoms with Gasteiger partial charge in [-0.2, -0.15) is 13.2 Å². The standard InChI is InChI=1S/C11H14F3N3O2/c1-6(2)9(15)10(18)19-5-8-16-4-3-7(17-8)11(12,13)14/h3-4,6,9H,5,15H2,1-2H3/t9-/m0/s1. The van der Waals surface area contributed by atoms with Crippen LogP contribution < -0.4 is 5.73 Å². The van der Waals surface area contributed by atoms with Gasteiger partial charge in [-0.15, -0.1) is 0 Å². The molecule has 0 amide bonds. The molecule has 0 aromatic carbocycles. The second kappa shape index (κ2) is 5.96. The van der Waals surface area contributed by atoms with Crippen LogP contribution >= 0.6 is 0 Å². The first kappa shape index (κ1) is 15.4. The minimum absolute atomic E-state index is 0.130. The van der Waals surface area contributed by atoms with E-state index in [-0.39, 0.29) is 11.7 Å². The molecule has 0 aliphatic rings. The van der Waals surface area contributed by atoms with Gasteiger partial charge in [-0.05, 0) is 12.0 Å². The molecule has 0 fully saturated rings. The number of esters is 1. The maximum absolute atomic E-state index is 12.4. The maximum atomic E-state index is 12.4. The number of halogens is 3. The Kier molecular flexibility index (Phi) is 4.82. The number of nitrogens with two attached hydrogens (primary N) is 1. The predicted octanol–water partition coefficient (Wildman–Crippen LogP) is 1.52. The highest BCUT2D eigenvalue weighted by Gasteiger charge is 2.32. The number of carbonyl (C=O) groups is 1. The van der Waals surface area contributed by atoms with Crippen LogP contribution in [-0.2, 0) is 22.3 Å². The Balaban J connectivity index is 2.66. The summed E-state index contributed by atoms with van der Waals surface area (Å²) in [4.78, 5) is 18.3. The largest absolute Gasteiger partial charge is 0.456 e. The van der Waals surface area contributed by atoms with E-state index in [0.29, 0.717) is 0 Å². The number of hydrogen-bond acceptors (Lipinski definition) is 5. The summed E-state index contributed by atoms with van der Waals surface area (Å²) in [5.41, 5.74) is 4.45. The van der Waals surface area contributed by atoms with Crippen molar-refractivity contribution in [1.29, 1.82) is 0 Å². The van der Waals surface area contributed by atoms with Crippen LogP contribution in [0, 0.1) is 5.92 Å². The first-order chi connectivity index (χ1) is 8.71. The van der Waals surface area contributed by atoms with Crippen LogP contribution in [0.4, 0.5) is 13.2 Å². The fourth-order valence-corrected chi connectivity index (χ4v) is 1.13. The topological polar surface area (TPSA) is 78.1 Å². The molecule has 1 heterocycles. The molecule has 1 rings (SSSR count). The Morgan fingerprint density at radius 1 is 1.47 bits per heavy atom. The van der Waals surface area contributed by atoms with Gasteiger partial charge in [0.05, 0.1) is 0 Å². The summed E-state index contributed by atoms with van der Waals surface area (Å²) in [7, 11) is 0. The van der Waals surface area contributed by atoms with Gasteiger partial charge in [-0.25, -0.2) is 9.97 Å². The monoisotopic (exact) mass is 277 g/mol. The van der Waals surface area contributed by atoms with Gasteiger partial charge in [0, 0.05) is 6.20 Å². The van der Waals surface area contributed by atoms with Crippen molar-refractivity contribution in [3.05, 3.63) is 23.8 Å². The summed E-state index contributed by atoms with van der Waals surface area (Å²) >= 11 is 0. The second-order valence-electron chi connectivity index (χ2n) is 4.23. The molecular weight excluding hydrogens is 263 g/mol. The summed E-state index contributed by atoms with van der Waals surface area (Å²) in [5.74, 6) is -1.05. The Labute approximate surface area is 108 Å². The van der Waals surface area contributed by atoms with E-state index >= 15 is 0 Å². The van der Waals surface area contributed by atoms with E-state index in [9.17, 15) is 18.0 Å². The molecule has 1 aromatic heterocycles. The first-order valence-electron chi connectivity index (χ1n) is 5.53. The average molecular weight is 277 g/mol. The van der Waals surface area contributed by atoms with Gasteiger partial charge in [-0.3, -0.25) is 4.79 Å². The number of ether oxygens (including phenoxy) is 1. The number of rotatable bonds is 4. The molecule has 0 radical (unpaired) electrons. The van der Waals surface area contributed by atoms with Gasteiger partial charge in [0.15, 0.2) is 12.4 Å². The summed E-state index contributed by atoms with van der Waals surface area (Å²) in [5, 5.41) is 0. The first-order valence-corrected chi connectivity index (χ1v) is 5.53. The highest BCUT2D eigenvalue weighted by atomic mass is 19.4. The van der Waals surface area contributed by atoms with E-state index in [0.717, 1.165) is 12.3 Å². The quantitative estimate of drug-likeness (QED) is 0.844. The van der Waals surface area contributed by atoms with E-state index in [1.165, 1.54) is 0 Å².